The number of fused-ring (bicyclic) bond motifs is 4. The normalized spacial score (nSPS) is 49.6. The standard InChI is InChI=1S/C28H34O6/c1-14-13-23(33-24(31)15(14)2)27(4)21-9-7-18-16-5-6-19-20(29)8-10-22(30)26(19,3)17(16)11-12-28(18,21)25(32)34-27/h6,8,10,16-18,20-21,23,29H,5,7,9,11-13H2,1-4H3/t16-,17+,18+,20+,21-,23-,26-,27-,28-/m1/s1. The van der Waals surface area contributed by atoms with Crippen LogP contribution >= 0.6 is 0 Å². The topological polar surface area (TPSA) is 89.9 Å². The summed E-state index contributed by atoms with van der Waals surface area (Å²) in [7, 11) is 0. The molecule has 9 atom stereocenters. The van der Waals surface area contributed by atoms with Crippen molar-refractivity contribution in [2.45, 2.75) is 84.0 Å². The van der Waals surface area contributed by atoms with Gasteiger partial charge in [0.2, 0.25) is 0 Å². The summed E-state index contributed by atoms with van der Waals surface area (Å²) in [6.45, 7) is 7.70. The number of ether oxygens (including phenoxy) is 2. The van der Waals surface area contributed by atoms with Crippen LogP contribution < -0.4 is 0 Å². The van der Waals surface area contributed by atoms with Crippen LogP contribution in [0.25, 0.3) is 0 Å². The monoisotopic (exact) mass is 466 g/mol. The first-order valence-corrected chi connectivity index (χ1v) is 12.8. The fourth-order valence-corrected chi connectivity index (χ4v) is 8.94. The van der Waals surface area contributed by atoms with Crippen LogP contribution in [0.4, 0.5) is 0 Å². The number of hydrogen-bond donors (Lipinski definition) is 1. The molecule has 34 heavy (non-hydrogen) atoms. The van der Waals surface area contributed by atoms with Gasteiger partial charge in [-0.25, -0.2) is 4.79 Å². The molecule has 182 valence electrons. The lowest BCUT2D eigenvalue weighted by Crippen LogP contribution is -2.56. The van der Waals surface area contributed by atoms with E-state index < -0.39 is 28.6 Å². The molecule has 2 heterocycles. The smallest absolute Gasteiger partial charge is 0.334 e. The van der Waals surface area contributed by atoms with E-state index in [1.807, 2.05) is 20.8 Å². The molecule has 0 unspecified atom stereocenters. The number of aliphatic hydroxyl groups excluding tert-OH is 1. The van der Waals surface area contributed by atoms with E-state index >= 15 is 0 Å². The first-order chi connectivity index (χ1) is 16.0. The molecule has 0 bridgehead atoms. The van der Waals surface area contributed by atoms with Gasteiger partial charge < -0.3 is 14.6 Å². The summed E-state index contributed by atoms with van der Waals surface area (Å²) < 4.78 is 12.1. The lowest BCUT2D eigenvalue weighted by atomic mass is 9.47. The van der Waals surface area contributed by atoms with Gasteiger partial charge in [0.25, 0.3) is 0 Å². The van der Waals surface area contributed by atoms with Crippen LogP contribution in [-0.2, 0) is 23.9 Å². The predicted octanol–water partition coefficient (Wildman–Crippen LogP) is 3.83. The van der Waals surface area contributed by atoms with Crippen LogP contribution in [0, 0.1) is 34.5 Å². The van der Waals surface area contributed by atoms with E-state index in [4.69, 9.17) is 9.47 Å². The number of carbonyl (C=O) groups excluding carboxylic acids is 3. The van der Waals surface area contributed by atoms with Gasteiger partial charge >= 0.3 is 11.9 Å². The molecule has 2 saturated carbocycles. The van der Waals surface area contributed by atoms with Gasteiger partial charge in [-0.05, 0) is 95.3 Å². The van der Waals surface area contributed by atoms with E-state index in [-0.39, 0.29) is 41.4 Å². The van der Waals surface area contributed by atoms with Crippen LogP contribution in [0.3, 0.4) is 0 Å². The number of allylic oxidation sites excluding steroid dienone is 2. The predicted molar refractivity (Wildman–Crippen MR) is 123 cm³/mol. The minimum absolute atomic E-state index is 0.00631. The lowest BCUT2D eigenvalue weighted by molar-refractivity contribution is -0.178. The molecule has 4 aliphatic carbocycles. The van der Waals surface area contributed by atoms with Crippen LogP contribution in [0.15, 0.2) is 34.9 Å². The fourth-order valence-electron chi connectivity index (χ4n) is 8.94. The van der Waals surface area contributed by atoms with Crippen LogP contribution in [0.2, 0.25) is 0 Å². The van der Waals surface area contributed by atoms with Gasteiger partial charge in [-0.1, -0.05) is 11.6 Å². The summed E-state index contributed by atoms with van der Waals surface area (Å²) in [6.07, 6.45) is 8.60. The maximum absolute atomic E-state index is 13.7. The quantitative estimate of drug-likeness (QED) is 0.467. The molecule has 1 N–H and O–H groups in total. The van der Waals surface area contributed by atoms with Crippen molar-refractivity contribution in [1.29, 1.82) is 0 Å². The van der Waals surface area contributed by atoms with Crippen LogP contribution in [-0.4, -0.2) is 40.6 Å². The third kappa shape index (κ3) is 2.48. The number of rotatable bonds is 1. The highest BCUT2D eigenvalue weighted by atomic mass is 16.6. The third-order valence-electron chi connectivity index (χ3n) is 10.9. The highest BCUT2D eigenvalue weighted by Gasteiger charge is 2.74. The molecule has 6 rings (SSSR count). The second kappa shape index (κ2) is 6.93. The molecule has 2 aliphatic heterocycles. The summed E-state index contributed by atoms with van der Waals surface area (Å²) in [6, 6.07) is 0. The van der Waals surface area contributed by atoms with Gasteiger partial charge in [0, 0.05) is 17.9 Å². The highest BCUT2D eigenvalue weighted by Crippen LogP contribution is 2.70. The number of hydrogen-bond acceptors (Lipinski definition) is 6. The molecule has 0 aromatic rings. The number of aliphatic hydroxyl groups is 1. The third-order valence-corrected chi connectivity index (χ3v) is 10.9. The molecule has 1 saturated heterocycles. The number of cyclic esters (lactones) is 2. The van der Waals surface area contributed by atoms with Crippen molar-refractivity contribution >= 4 is 17.7 Å². The molecule has 1 spiro atoms. The molecule has 6 heteroatoms. The second-order valence-electron chi connectivity index (χ2n) is 11.9. The van der Waals surface area contributed by atoms with Gasteiger partial charge in [0.15, 0.2) is 11.4 Å². The van der Waals surface area contributed by atoms with Crippen molar-refractivity contribution in [1.82, 2.24) is 0 Å². The van der Waals surface area contributed by atoms with Crippen molar-refractivity contribution in [3.63, 3.8) is 0 Å². The minimum atomic E-state index is -0.838. The molecule has 0 aromatic carbocycles. The Balaban J connectivity index is 1.36. The Morgan fingerprint density at radius 3 is 2.56 bits per heavy atom. The van der Waals surface area contributed by atoms with E-state index in [1.54, 1.807) is 19.1 Å². The second-order valence-corrected chi connectivity index (χ2v) is 11.9. The van der Waals surface area contributed by atoms with Gasteiger partial charge in [-0.2, -0.15) is 0 Å². The van der Waals surface area contributed by atoms with E-state index in [0.29, 0.717) is 18.4 Å². The Labute approximate surface area is 200 Å². The zero-order chi connectivity index (χ0) is 24.2. The first-order valence-electron chi connectivity index (χ1n) is 12.8. The number of carbonyl (C=O) groups is 3. The summed E-state index contributed by atoms with van der Waals surface area (Å²) in [5.41, 5.74) is 0.349. The summed E-state index contributed by atoms with van der Waals surface area (Å²) >= 11 is 0. The van der Waals surface area contributed by atoms with E-state index in [0.717, 1.165) is 36.8 Å². The molecule has 3 fully saturated rings. The molecule has 0 aromatic heterocycles. The average molecular weight is 467 g/mol. The van der Waals surface area contributed by atoms with Crippen molar-refractivity contribution < 1.29 is 29.0 Å². The molecule has 6 aliphatic rings. The Bertz CT molecular complexity index is 1100. The Kier molecular flexibility index (Phi) is 4.54. The zero-order valence-electron chi connectivity index (χ0n) is 20.4. The van der Waals surface area contributed by atoms with Crippen LogP contribution in [0.5, 0.6) is 0 Å². The maximum atomic E-state index is 13.7. The summed E-state index contributed by atoms with van der Waals surface area (Å²) in [5.74, 6) is 0.0369. The first kappa shape index (κ1) is 22.3. The Morgan fingerprint density at radius 1 is 1.06 bits per heavy atom. The molecule has 0 radical (unpaired) electrons. The Morgan fingerprint density at radius 2 is 1.82 bits per heavy atom. The van der Waals surface area contributed by atoms with Gasteiger partial charge in [0.1, 0.15) is 6.10 Å². The molecular formula is C28H34O6. The molecular weight excluding hydrogens is 432 g/mol. The minimum Gasteiger partial charge on any atom is -0.455 e. The number of esters is 2. The zero-order valence-corrected chi connectivity index (χ0v) is 20.4. The molecule has 0 amide bonds. The molecule has 6 nitrogen and oxygen atoms in total. The van der Waals surface area contributed by atoms with E-state index in [9.17, 15) is 19.5 Å². The van der Waals surface area contributed by atoms with Gasteiger partial charge in [0.05, 0.1) is 16.9 Å². The van der Waals surface area contributed by atoms with Crippen molar-refractivity contribution in [2.75, 3.05) is 0 Å². The van der Waals surface area contributed by atoms with Crippen molar-refractivity contribution in [3.05, 3.63) is 34.9 Å². The largest absolute Gasteiger partial charge is 0.455 e. The van der Waals surface area contributed by atoms with Crippen molar-refractivity contribution in [2.24, 2.45) is 34.5 Å². The van der Waals surface area contributed by atoms with E-state index in [2.05, 4.69) is 6.08 Å². The average Bonchev–Trinajstić information content (AvgIpc) is 3.30. The highest BCUT2D eigenvalue weighted by molar-refractivity contribution is 5.99. The van der Waals surface area contributed by atoms with Crippen molar-refractivity contribution in [3.8, 4) is 0 Å². The fraction of sp³-hybridized carbons (Fsp3) is 0.679. The van der Waals surface area contributed by atoms with Crippen LogP contribution in [0.1, 0.15) is 66.2 Å². The SMILES string of the molecule is CC1=C(C)C(=O)O[C@@H]([C@]2(C)OC(=O)[C@]34CC[C@H]5[C@@H](CC=C6[C@@H](O)C=CC(=O)[C@@]65C)[C@@H]3CC[C@H]24)C1. The Hall–Kier alpha value is -2.21. The summed E-state index contributed by atoms with van der Waals surface area (Å²) in [5, 5.41) is 10.6. The van der Waals surface area contributed by atoms with Gasteiger partial charge in [-0.3, -0.25) is 9.59 Å². The van der Waals surface area contributed by atoms with Gasteiger partial charge in [-0.15, -0.1) is 0 Å². The maximum Gasteiger partial charge on any atom is 0.334 e. The number of ketones is 1. The van der Waals surface area contributed by atoms with E-state index in [1.165, 1.54) is 0 Å². The lowest BCUT2D eigenvalue weighted by Gasteiger charge is -2.55. The summed E-state index contributed by atoms with van der Waals surface area (Å²) in [4.78, 5) is 39.4.